The molecular formula is C10H15N5OS. The highest BCUT2D eigenvalue weighted by atomic mass is 32.1. The molecule has 3 rings (SSSR count). The minimum absolute atomic E-state index is 0.351. The lowest BCUT2D eigenvalue weighted by atomic mass is 10.1. The summed E-state index contributed by atoms with van der Waals surface area (Å²) >= 11 is 1.61. The van der Waals surface area contributed by atoms with E-state index in [0.29, 0.717) is 5.92 Å². The van der Waals surface area contributed by atoms with Gasteiger partial charge in [-0.15, -0.1) is 10.2 Å². The molecule has 6 nitrogen and oxygen atoms in total. The molecule has 92 valence electrons. The topological polar surface area (TPSA) is 64.3 Å². The molecule has 7 heteroatoms. The predicted octanol–water partition coefficient (Wildman–Crippen LogP) is 0.452. The monoisotopic (exact) mass is 253 g/mol. The van der Waals surface area contributed by atoms with Crippen LogP contribution in [0.4, 0.5) is 0 Å². The number of hydrogen-bond acceptors (Lipinski definition) is 6. The lowest BCUT2D eigenvalue weighted by Crippen LogP contribution is -2.11. The number of nitrogens with one attached hydrogen (secondary N) is 1. The maximum atomic E-state index is 5.39. The van der Waals surface area contributed by atoms with Crippen LogP contribution in [0.3, 0.4) is 0 Å². The van der Waals surface area contributed by atoms with Crippen molar-refractivity contribution in [1.29, 1.82) is 0 Å². The zero-order valence-corrected chi connectivity index (χ0v) is 10.5. The molecule has 17 heavy (non-hydrogen) atoms. The molecule has 2 aromatic rings. The third kappa shape index (κ3) is 2.05. The van der Waals surface area contributed by atoms with Crippen LogP contribution in [0.1, 0.15) is 23.2 Å². The maximum absolute atomic E-state index is 5.39. The van der Waals surface area contributed by atoms with Gasteiger partial charge in [0.1, 0.15) is 5.01 Å². The van der Waals surface area contributed by atoms with Crippen molar-refractivity contribution in [3.05, 3.63) is 10.8 Å². The molecule has 0 aromatic carbocycles. The van der Waals surface area contributed by atoms with Gasteiger partial charge >= 0.3 is 0 Å². The quantitative estimate of drug-likeness (QED) is 0.857. The van der Waals surface area contributed by atoms with Gasteiger partial charge in [0, 0.05) is 25.5 Å². The molecule has 1 atom stereocenters. The molecule has 0 aliphatic carbocycles. The van der Waals surface area contributed by atoms with E-state index in [1.54, 1.807) is 11.3 Å². The first-order valence-electron chi connectivity index (χ1n) is 5.82. The number of fused-ring (bicyclic) bond motifs is 1. The van der Waals surface area contributed by atoms with E-state index in [9.17, 15) is 0 Å². The Bertz CT molecular complexity index is 502. The molecule has 1 aliphatic heterocycles. The van der Waals surface area contributed by atoms with Crippen LogP contribution >= 0.6 is 11.3 Å². The first-order valence-corrected chi connectivity index (χ1v) is 6.63. The van der Waals surface area contributed by atoms with Crippen LogP contribution in [0.5, 0.6) is 0 Å². The molecule has 3 heterocycles. The normalized spacial score (nSPS) is 20.4. The summed E-state index contributed by atoms with van der Waals surface area (Å²) in [5, 5.41) is 17.2. The molecule has 1 N–H and O–H groups in total. The maximum Gasteiger partial charge on any atom is 0.234 e. The van der Waals surface area contributed by atoms with E-state index in [0.717, 1.165) is 48.4 Å². The summed E-state index contributed by atoms with van der Waals surface area (Å²) in [6.07, 6.45) is 1.95. The lowest BCUT2D eigenvalue weighted by molar-refractivity contribution is 0.193. The summed E-state index contributed by atoms with van der Waals surface area (Å²) in [6, 6.07) is 0. The summed E-state index contributed by atoms with van der Waals surface area (Å²) in [5.41, 5.74) is 0. The van der Waals surface area contributed by atoms with Crippen molar-refractivity contribution in [2.24, 2.45) is 0 Å². The molecule has 1 unspecified atom stereocenters. The van der Waals surface area contributed by atoms with Gasteiger partial charge in [-0.2, -0.15) is 9.61 Å². The van der Waals surface area contributed by atoms with Crippen molar-refractivity contribution in [3.63, 3.8) is 0 Å². The molecule has 0 saturated carbocycles. The standard InChI is InChI=1S/C10H15N5OS/c1-11-4-2-8-14-15-9(7-3-5-16-6-7)12-13-10(15)17-8/h7,11H,2-6H2,1H3. The van der Waals surface area contributed by atoms with Crippen molar-refractivity contribution >= 4 is 16.3 Å². The number of rotatable bonds is 4. The summed E-state index contributed by atoms with van der Waals surface area (Å²) in [7, 11) is 1.95. The molecule has 0 spiro atoms. The van der Waals surface area contributed by atoms with Gasteiger partial charge < -0.3 is 10.1 Å². The first kappa shape index (κ1) is 11.1. The Morgan fingerprint density at radius 1 is 1.53 bits per heavy atom. The average Bonchev–Trinajstić information content (AvgIpc) is 3.01. The summed E-state index contributed by atoms with van der Waals surface area (Å²) in [5.74, 6) is 1.30. The fraction of sp³-hybridized carbons (Fsp3) is 0.700. The fourth-order valence-corrected chi connectivity index (χ4v) is 2.84. The van der Waals surface area contributed by atoms with E-state index in [-0.39, 0.29) is 0 Å². The van der Waals surface area contributed by atoms with Crippen LogP contribution in [-0.4, -0.2) is 46.6 Å². The van der Waals surface area contributed by atoms with E-state index in [2.05, 4.69) is 20.6 Å². The Morgan fingerprint density at radius 2 is 2.47 bits per heavy atom. The zero-order valence-electron chi connectivity index (χ0n) is 9.72. The van der Waals surface area contributed by atoms with Crippen molar-refractivity contribution < 1.29 is 4.74 Å². The Kier molecular flexibility index (Phi) is 3.04. The number of ether oxygens (including phenoxy) is 1. The van der Waals surface area contributed by atoms with E-state index in [1.807, 2.05) is 11.6 Å². The second-order valence-electron chi connectivity index (χ2n) is 4.16. The zero-order chi connectivity index (χ0) is 11.7. The van der Waals surface area contributed by atoms with Crippen molar-refractivity contribution in [2.45, 2.75) is 18.8 Å². The van der Waals surface area contributed by atoms with Crippen LogP contribution < -0.4 is 5.32 Å². The van der Waals surface area contributed by atoms with Crippen LogP contribution in [-0.2, 0) is 11.2 Å². The number of nitrogens with zero attached hydrogens (tertiary/aromatic N) is 4. The number of aromatic nitrogens is 4. The minimum atomic E-state index is 0.351. The highest BCUT2D eigenvalue weighted by molar-refractivity contribution is 7.16. The molecular weight excluding hydrogens is 238 g/mol. The molecule has 1 saturated heterocycles. The first-order chi connectivity index (χ1) is 8.38. The Hall–Kier alpha value is -1.05. The average molecular weight is 253 g/mol. The number of hydrogen-bond donors (Lipinski definition) is 1. The van der Waals surface area contributed by atoms with Gasteiger partial charge in [0.05, 0.1) is 6.61 Å². The van der Waals surface area contributed by atoms with Crippen LogP contribution in [0.2, 0.25) is 0 Å². The Balaban J connectivity index is 1.88. The van der Waals surface area contributed by atoms with Gasteiger partial charge in [-0.05, 0) is 13.5 Å². The van der Waals surface area contributed by atoms with Crippen molar-refractivity contribution in [2.75, 3.05) is 26.8 Å². The largest absolute Gasteiger partial charge is 0.381 e. The van der Waals surface area contributed by atoms with Gasteiger partial charge in [0.25, 0.3) is 0 Å². The van der Waals surface area contributed by atoms with Crippen molar-refractivity contribution in [3.8, 4) is 0 Å². The smallest absolute Gasteiger partial charge is 0.234 e. The number of likely N-dealkylation sites (N-methyl/N-ethyl adjacent to an activating group) is 1. The summed E-state index contributed by atoms with van der Waals surface area (Å²) in [6.45, 7) is 2.49. The fourth-order valence-electron chi connectivity index (χ4n) is 2.00. The van der Waals surface area contributed by atoms with Gasteiger partial charge in [-0.3, -0.25) is 0 Å². The Morgan fingerprint density at radius 3 is 3.24 bits per heavy atom. The SMILES string of the molecule is CNCCc1nn2c(C3CCOC3)nnc2s1. The van der Waals surface area contributed by atoms with Crippen LogP contribution in [0, 0.1) is 0 Å². The van der Waals surface area contributed by atoms with E-state index >= 15 is 0 Å². The Labute approximate surface area is 103 Å². The van der Waals surface area contributed by atoms with Gasteiger partial charge in [-0.1, -0.05) is 11.3 Å². The van der Waals surface area contributed by atoms with E-state index in [4.69, 9.17) is 4.74 Å². The molecule has 1 aliphatic rings. The third-order valence-corrected chi connectivity index (χ3v) is 3.90. The second kappa shape index (κ2) is 4.67. The van der Waals surface area contributed by atoms with Crippen molar-refractivity contribution in [1.82, 2.24) is 25.1 Å². The molecule has 2 aromatic heterocycles. The highest BCUT2D eigenvalue weighted by Crippen LogP contribution is 2.25. The van der Waals surface area contributed by atoms with Crippen LogP contribution in [0.15, 0.2) is 0 Å². The third-order valence-electron chi connectivity index (χ3n) is 2.94. The van der Waals surface area contributed by atoms with E-state index < -0.39 is 0 Å². The molecule has 1 fully saturated rings. The molecule has 0 radical (unpaired) electrons. The van der Waals surface area contributed by atoms with Gasteiger partial charge in [-0.25, -0.2) is 0 Å². The minimum Gasteiger partial charge on any atom is -0.381 e. The van der Waals surface area contributed by atoms with E-state index in [1.165, 1.54) is 0 Å². The molecule has 0 bridgehead atoms. The lowest BCUT2D eigenvalue weighted by Gasteiger charge is -2.01. The summed E-state index contributed by atoms with van der Waals surface area (Å²) < 4.78 is 7.27. The summed E-state index contributed by atoms with van der Waals surface area (Å²) in [4.78, 5) is 0.887. The predicted molar refractivity (Wildman–Crippen MR) is 64.5 cm³/mol. The second-order valence-corrected chi connectivity index (χ2v) is 5.20. The highest BCUT2D eigenvalue weighted by Gasteiger charge is 2.24. The van der Waals surface area contributed by atoms with Gasteiger partial charge in [0.2, 0.25) is 4.96 Å². The van der Waals surface area contributed by atoms with Crippen LogP contribution in [0.25, 0.3) is 4.96 Å². The van der Waals surface area contributed by atoms with Gasteiger partial charge in [0.15, 0.2) is 5.82 Å². The molecule has 0 amide bonds.